The number of hydrogen-bond donors (Lipinski definition) is 3. The van der Waals surface area contributed by atoms with E-state index in [0.717, 1.165) is 4.90 Å². The highest BCUT2D eigenvalue weighted by Gasteiger charge is 2.58. The van der Waals surface area contributed by atoms with E-state index in [0.29, 0.717) is 0 Å². The lowest BCUT2D eigenvalue weighted by Gasteiger charge is -2.47. The van der Waals surface area contributed by atoms with E-state index in [4.69, 9.17) is 9.47 Å². The van der Waals surface area contributed by atoms with Crippen molar-refractivity contribution in [1.29, 1.82) is 0 Å². The Morgan fingerprint density at radius 3 is 2.32 bits per heavy atom. The summed E-state index contributed by atoms with van der Waals surface area (Å²) < 4.78 is 9.89. The predicted octanol–water partition coefficient (Wildman–Crippen LogP) is -0.358. The molecule has 0 aromatic carbocycles. The van der Waals surface area contributed by atoms with Gasteiger partial charge in [-0.25, -0.2) is 9.59 Å². The average Bonchev–Trinajstić information content (AvgIpc) is 2.38. The van der Waals surface area contributed by atoms with Gasteiger partial charge in [0.25, 0.3) is 0 Å². The summed E-state index contributed by atoms with van der Waals surface area (Å²) in [5.74, 6) is -1.12. The van der Waals surface area contributed by atoms with Crippen LogP contribution < -0.4 is 0 Å². The Hall–Kier alpha value is -1.38. The van der Waals surface area contributed by atoms with Crippen molar-refractivity contribution < 1.29 is 34.4 Å². The van der Waals surface area contributed by atoms with Crippen LogP contribution >= 0.6 is 0 Å². The van der Waals surface area contributed by atoms with Gasteiger partial charge in [0.05, 0.1) is 19.2 Å². The minimum Gasteiger partial charge on any atom is -0.464 e. The lowest BCUT2D eigenvalue weighted by atomic mass is 9.82. The summed E-state index contributed by atoms with van der Waals surface area (Å²) in [7, 11) is 0. The van der Waals surface area contributed by atoms with Crippen LogP contribution in [0, 0.1) is 0 Å². The van der Waals surface area contributed by atoms with Crippen molar-refractivity contribution in [3.63, 3.8) is 0 Å². The van der Waals surface area contributed by atoms with Crippen molar-refractivity contribution in [2.45, 2.75) is 64.1 Å². The van der Waals surface area contributed by atoms with Crippen molar-refractivity contribution in [3.8, 4) is 0 Å². The monoisotopic (exact) mass is 319 g/mol. The van der Waals surface area contributed by atoms with Gasteiger partial charge in [-0.05, 0) is 34.6 Å². The molecule has 128 valence electrons. The molecule has 0 aliphatic carbocycles. The number of piperidine rings is 1. The number of likely N-dealkylation sites (tertiary alicyclic amines) is 1. The fraction of sp³-hybridized carbons (Fsp3) is 0.857. The third-order valence-corrected chi connectivity index (χ3v) is 3.51. The Labute approximate surface area is 129 Å². The van der Waals surface area contributed by atoms with E-state index in [9.17, 15) is 24.9 Å². The normalized spacial score (nSPS) is 32.5. The average molecular weight is 319 g/mol. The maximum absolute atomic E-state index is 12.1. The molecule has 22 heavy (non-hydrogen) atoms. The van der Waals surface area contributed by atoms with Crippen LogP contribution in [-0.4, -0.2) is 74.9 Å². The number of aliphatic hydroxyl groups is 3. The number of hydrogen-bond acceptors (Lipinski definition) is 7. The van der Waals surface area contributed by atoms with Crippen LogP contribution in [0.5, 0.6) is 0 Å². The van der Waals surface area contributed by atoms with Crippen molar-refractivity contribution in [3.05, 3.63) is 0 Å². The number of rotatable bonds is 2. The number of carbonyl (C=O) groups excluding carboxylic acids is 2. The van der Waals surface area contributed by atoms with Gasteiger partial charge in [-0.1, -0.05) is 0 Å². The Morgan fingerprint density at radius 2 is 1.86 bits per heavy atom. The van der Waals surface area contributed by atoms with Crippen LogP contribution in [0.3, 0.4) is 0 Å². The maximum Gasteiger partial charge on any atom is 0.410 e. The van der Waals surface area contributed by atoms with Gasteiger partial charge in [-0.2, -0.15) is 0 Å². The molecular formula is C14H25NO7. The zero-order valence-electron chi connectivity index (χ0n) is 13.6. The molecule has 0 aromatic rings. The Balaban J connectivity index is 2.98. The van der Waals surface area contributed by atoms with Gasteiger partial charge < -0.3 is 29.7 Å². The Kier molecular flexibility index (Phi) is 5.42. The zero-order chi connectivity index (χ0) is 17.3. The summed E-state index contributed by atoms with van der Waals surface area (Å²) >= 11 is 0. The highest BCUT2D eigenvalue weighted by atomic mass is 16.6. The fourth-order valence-corrected chi connectivity index (χ4v) is 2.29. The molecule has 3 N–H and O–H groups in total. The van der Waals surface area contributed by atoms with Crippen LogP contribution in [0.25, 0.3) is 0 Å². The van der Waals surface area contributed by atoms with Crippen molar-refractivity contribution in [2.24, 2.45) is 0 Å². The van der Waals surface area contributed by atoms with E-state index in [1.807, 2.05) is 0 Å². The van der Waals surface area contributed by atoms with Gasteiger partial charge in [0.1, 0.15) is 17.8 Å². The minimum atomic E-state index is -2.48. The van der Waals surface area contributed by atoms with Gasteiger partial charge in [0.2, 0.25) is 5.60 Å². The van der Waals surface area contributed by atoms with Gasteiger partial charge in [-0.15, -0.1) is 0 Å². The van der Waals surface area contributed by atoms with Crippen LogP contribution in [0.2, 0.25) is 0 Å². The second-order valence-electron chi connectivity index (χ2n) is 6.38. The molecule has 0 saturated carbocycles. The summed E-state index contributed by atoms with van der Waals surface area (Å²) in [6.45, 7) is 7.67. The van der Waals surface area contributed by atoms with E-state index >= 15 is 0 Å². The van der Waals surface area contributed by atoms with Crippen LogP contribution in [0.4, 0.5) is 4.79 Å². The van der Waals surface area contributed by atoms with E-state index in [1.54, 1.807) is 27.7 Å². The van der Waals surface area contributed by atoms with E-state index in [2.05, 4.69) is 0 Å². The molecule has 0 spiro atoms. The number of nitrogens with zero attached hydrogens (tertiary/aromatic N) is 1. The molecule has 1 heterocycles. The van der Waals surface area contributed by atoms with Crippen LogP contribution in [-0.2, 0) is 14.3 Å². The number of aliphatic hydroxyl groups excluding tert-OH is 2. The van der Waals surface area contributed by atoms with Crippen LogP contribution in [0.15, 0.2) is 0 Å². The van der Waals surface area contributed by atoms with E-state index in [-0.39, 0.29) is 13.2 Å². The molecule has 1 aliphatic rings. The number of β-amino-alcohol motifs (C(OH)–C–C–N with tert-alkyl or cyclic N) is 1. The molecule has 0 bridgehead atoms. The summed E-state index contributed by atoms with van der Waals surface area (Å²) in [6.07, 6.45) is -4.14. The van der Waals surface area contributed by atoms with Gasteiger partial charge in [0, 0.05) is 0 Å². The highest BCUT2D eigenvalue weighted by molar-refractivity contribution is 5.82. The molecule has 1 amide bonds. The molecule has 1 rings (SSSR count). The molecule has 0 aromatic heterocycles. The maximum atomic E-state index is 12.1. The second kappa shape index (κ2) is 6.39. The predicted molar refractivity (Wildman–Crippen MR) is 76.0 cm³/mol. The standard InChI is InChI=1S/C14H25NO7/c1-6-21-11(18)14(20)9(16)7-15(8(2)10(14)17)12(19)22-13(3,4)5/h8-10,16-17,20H,6-7H2,1-5H3/t8-,9+,10+,14+/m0/s1. The van der Waals surface area contributed by atoms with Gasteiger partial charge in [0.15, 0.2) is 0 Å². The molecule has 1 fully saturated rings. The van der Waals surface area contributed by atoms with Gasteiger partial charge in [-0.3, -0.25) is 0 Å². The van der Waals surface area contributed by atoms with Gasteiger partial charge >= 0.3 is 12.1 Å². The third-order valence-electron chi connectivity index (χ3n) is 3.51. The smallest absolute Gasteiger partial charge is 0.410 e. The van der Waals surface area contributed by atoms with Crippen molar-refractivity contribution >= 4 is 12.1 Å². The molecule has 0 radical (unpaired) electrons. The molecule has 8 heteroatoms. The Morgan fingerprint density at radius 1 is 1.32 bits per heavy atom. The largest absolute Gasteiger partial charge is 0.464 e. The van der Waals surface area contributed by atoms with Crippen molar-refractivity contribution in [1.82, 2.24) is 4.90 Å². The lowest BCUT2D eigenvalue weighted by molar-refractivity contribution is -0.219. The third kappa shape index (κ3) is 3.50. The van der Waals surface area contributed by atoms with Crippen molar-refractivity contribution in [2.75, 3.05) is 13.2 Å². The quantitative estimate of drug-likeness (QED) is 0.595. The molecular weight excluding hydrogens is 294 g/mol. The zero-order valence-corrected chi connectivity index (χ0v) is 13.6. The first-order valence-electron chi connectivity index (χ1n) is 7.20. The molecule has 1 aliphatic heterocycles. The number of carbonyl (C=O) groups is 2. The van der Waals surface area contributed by atoms with Crippen LogP contribution in [0.1, 0.15) is 34.6 Å². The first-order chi connectivity index (χ1) is 9.95. The first kappa shape index (κ1) is 18.7. The van der Waals surface area contributed by atoms with E-state index in [1.165, 1.54) is 6.92 Å². The second-order valence-corrected chi connectivity index (χ2v) is 6.38. The lowest BCUT2D eigenvalue weighted by Crippen LogP contribution is -2.72. The van der Waals surface area contributed by atoms with E-state index < -0.39 is 41.5 Å². The molecule has 0 unspecified atom stereocenters. The molecule has 8 nitrogen and oxygen atoms in total. The summed E-state index contributed by atoms with van der Waals surface area (Å²) in [6, 6.07) is -0.937. The summed E-state index contributed by atoms with van der Waals surface area (Å²) in [5.41, 5.74) is -3.23. The number of amides is 1. The summed E-state index contributed by atoms with van der Waals surface area (Å²) in [4.78, 5) is 25.0. The topological polar surface area (TPSA) is 117 Å². The SMILES string of the molecule is CCOC(=O)[C@@]1(O)[C@H](O)CN(C(=O)OC(C)(C)C)[C@@H](C)[C@H]1O. The number of esters is 1. The highest BCUT2D eigenvalue weighted by Crippen LogP contribution is 2.30. The fourth-order valence-electron chi connectivity index (χ4n) is 2.29. The Bertz CT molecular complexity index is 433. The molecule has 1 saturated heterocycles. The number of ether oxygens (including phenoxy) is 2. The summed E-state index contributed by atoms with van der Waals surface area (Å²) in [5, 5.41) is 30.6. The minimum absolute atomic E-state index is 0.00918. The first-order valence-corrected chi connectivity index (χ1v) is 7.20. The molecule has 4 atom stereocenters.